The van der Waals surface area contributed by atoms with Crippen LogP contribution in [0.25, 0.3) is 22.3 Å². The predicted octanol–water partition coefficient (Wildman–Crippen LogP) is 6.17. The number of fused-ring (bicyclic) bond motifs is 1. The van der Waals surface area contributed by atoms with Gasteiger partial charge < -0.3 is 10.2 Å². The fourth-order valence-electron chi connectivity index (χ4n) is 4.58. The van der Waals surface area contributed by atoms with Gasteiger partial charge in [-0.1, -0.05) is 30.2 Å². The van der Waals surface area contributed by atoms with Crippen LogP contribution in [0, 0.1) is 0 Å². The molecule has 0 amide bonds. The van der Waals surface area contributed by atoms with E-state index in [-0.39, 0.29) is 0 Å². The van der Waals surface area contributed by atoms with Crippen molar-refractivity contribution >= 4 is 28.6 Å². The Balaban J connectivity index is 1.52. The highest BCUT2D eigenvalue weighted by Crippen LogP contribution is 2.37. The maximum absolute atomic E-state index is 13.4. The topological polar surface area (TPSA) is 58.4 Å². The monoisotopic (exact) mass is 514 g/mol. The van der Waals surface area contributed by atoms with Crippen molar-refractivity contribution in [3.05, 3.63) is 71.2 Å². The number of nitrogens with zero attached hydrogens (tertiary/aromatic N) is 5. The molecule has 0 radical (unpaired) electrons. The van der Waals surface area contributed by atoms with Gasteiger partial charge in [-0.15, -0.1) is 0 Å². The number of aromatic nitrogens is 4. The minimum atomic E-state index is -4.48. The Kier molecular flexibility index (Phi) is 7.11. The summed E-state index contributed by atoms with van der Waals surface area (Å²) in [5.41, 5.74) is 2.28. The van der Waals surface area contributed by atoms with E-state index in [1.54, 1.807) is 24.4 Å². The van der Waals surface area contributed by atoms with Crippen LogP contribution in [0.4, 0.5) is 19.1 Å². The minimum absolute atomic E-state index is 0.467. The molecule has 36 heavy (non-hydrogen) atoms. The third-order valence-electron chi connectivity index (χ3n) is 6.37. The van der Waals surface area contributed by atoms with Crippen molar-refractivity contribution in [2.24, 2.45) is 0 Å². The summed E-state index contributed by atoms with van der Waals surface area (Å²) in [4.78, 5) is 11.5. The van der Waals surface area contributed by atoms with E-state index >= 15 is 0 Å². The van der Waals surface area contributed by atoms with Crippen molar-refractivity contribution in [3.63, 3.8) is 0 Å². The van der Waals surface area contributed by atoms with E-state index in [2.05, 4.69) is 20.3 Å². The molecule has 4 heterocycles. The summed E-state index contributed by atoms with van der Waals surface area (Å²) >= 11 is 6.30. The SMILES string of the molecule is FC(F)(F)c1ccc2c(-c3ccnc(NCCN4CCCCC4)n3)c(C3=CC(Cl)=CC=CC3)nn2c1. The number of hydrogen-bond donors (Lipinski definition) is 1. The number of likely N-dealkylation sites (tertiary alicyclic amines) is 1. The highest BCUT2D eigenvalue weighted by molar-refractivity contribution is 6.31. The summed E-state index contributed by atoms with van der Waals surface area (Å²) < 4.78 is 41.4. The molecule has 5 rings (SSSR count). The van der Waals surface area contributed by atoms with Crippen LogP contribution in [0.5, 0.6) is 0 Å². The van der Waals surface area contributed by atoms with Crippen LogP contribution in [0.3, 0.4) is 0 Å². The third-order valence-corrected chi connectivity index (χ3v) is 6.61. The Bertz CT molecular complexity index is 1340. The second kappa shape index (κ2) is 10.4. The van der Waals surface area contributed by atoms with Gasteiger partial charge in [0.1, 0.15) is 0 Å². The molecule has 1 saturated heterocycles. The summed E-state index contributed by atoms with van der Waals surface area (Å²) in [7, 11) is 0. The summed E-state index contributed by atoms with van der Waals surface area (Å²) in [6.07, 6.45) is 9.78. The molecule has 0 unspecified atom stereocenters. The standard InChI is InChI=1S/C26H26ClF3N6/c27-20-7-3-2-6-18(16-20)24-23(22-9-8-19(26(28,29)30)17-36(22)34-24)21-10-11-31-25(33-21)32-12-15-35-13-4-1-5-14-35/h2-3,7-11,16-17H,1,4-6,12-15H2,(H,31,32,33). The second-order valence-electron chi connectivity index (χ2n) is 8.92. The molecule has 3 aromatic heterocycles. The minimum Gasteiger partial charge on any atom is -0.353 e. The van der Waals surface area contributed by atoms with Crippen LogP contribution in [-0.4, -0.2) is 50.7 Å². The molecule has 0 atom stereocenters. The number of nitrogens with one attached hydrogen (secondary N) is 1. The first kappa shape index (κ1) is 24.5. The maximum atomic E-state index is 13.4. The van der Waals surface area contributed by atoms with Crippen molar-refractivity contribution in [1.82, 2.24) is 24.5 Å². The molecule has 0 bridgehead atoms. The molecule has 188 valence electrons. The zero-order valence-corrected chi connectivity index (χ0v) is 20.4. The lowest BCUT2D eigenvalue weighted by Gasteiger charge is -2.26. The summed E-state index contributed by atoms with van der Waals surface area (Å²) in [6, 6.07) is 4.25. The van der Waals surface area contributed by atoms with E-state index in [9.17, 15) is 13.2 Å². The molecular formula is C26H26ClF3N6. The Morgan fingerprint density at radius 1 is 1.08 bits per heavy atom. The molecule has 0 aromatic carbocycles. The highest BCUT2D eigenvalue weighted by Gasteiger charge is 2.32. The molecule has 6 nitrogen and oxygen atoms in total. The number of piperidine rings is 1. The zero-order valence-electron chi connectivity index (χ0n) is 19.6. The van der Waals surface area contributed by atoms with Crippen LogP contribution in [-0.2, 0) is 6.18 Å². The van der Waals surface area contributed by atoms with Crippen molar-refractivity contribution < 1.29 is 13.2 Å². The summed E-state index contributed by atoms with van der Waals surface area (Å²) in [5, 5.41) is 8.36. The van der Waals surface area contributed by atoms with Gasteiger partial charge in [0.25, 0.3) is 0 Å². The highest BCUT2D eigenvalue weighted by atomic mass is 35.5. The number of pyridine rings is 1. The first-order valence-corrected chi connectivity index (χ1v) is 12.4. The Hall–Kier alpha value is -3.17. The smallest absolute Gasteiger partial charge is 0.353 e. The molecule has 1 aliphatic heterocycles. The van der Waals surface area contributed by atoms with Gasteiger partial charge in [-0.25, -0.2) is 14.5 Å². The van der Waals surface area contributed by atoms with Crippen LogP contribution in [0.2, 0.25) is 0 Å². The number of rotatable bonds is 6. The lowest BCUT2D eigenvalue weighted by atomic mass is 10.0. The number of hydrogen-bond acceptors (Lipinski definition) is 5. The van der Waals surface area contributed by atoms with Crippen molar-refractivity contribution in [2.75, 3.05) is 31.5 Å². The maximum Gasteiger partial charge on any atom is 0.417 e. The van der Waals surface area contributed by atoms with Crippen molar-refractivity contribution in [3.8, 4) is 11.3 Å². The number of anilines is 1. The first-order valence-electron chi connectivity index (χ1n) is 12.0. The van der Waals surface area contributed by atoms with Crippen LogP contribution in [0.15, 0.2) is 59.9 Å². The van der Waals surface area contributed by atoms with Gasteiger partial charge in [0, 0.05) is 30.5 Å². The molecule has 10 heteroatoms. The first-order chi connectivity index (χ1) is 17.4. The normalized spacial score (nSPS) is 17.1. The summed E-state index contributed by atoms with van der Waals surface area (Å²) in [5.74, 6) is 0.467. The molecule has 0 saturated carbocycles. The predicted molar refractivity (Wildman–Crippen MR) is 136 cm³/mol. The lowest BCUT2D eigenvalue weighted by molar-refractivity contribution is -0.137. The third kappa shape index (κ3) is 5.47. The van der Waals surface area contributed by atoms with E-state index in [1.165, 1.54) is 29.8 Å². The van der Waals surface area contributed by atoms with Crippen molar-refractivity contribution in [1.29, 1.82) is 0 Å². The van der Waals surface area contributed by atoms with Crippen LogP contribution in [0.1, 0.15) is 36.9 Å². The van der Waals surface area contributed by atoms with Gasteiger partial charge in [0.05, 0.1) is 28.0 Å². The van der Waals surface area contributed by atoms with Crippen molar-refractivity contribution in [2.45, 2.75) is 31.9 Å². The van der Waals surface area contributed by atoms with Gasteiger partial charge in [0.2, 0.25) is 5.95 Å². The molecule has 3 aromatic rings. The molecule has 1 N–H and O–H groups in total. The van der Waals surface area contributed by atoms with Gasteiger partial charge >= 0.3 is 6.18 Å². The van der Waals surface area contributed by atoms with Gasteiger partial charge in [-0.3, -0.25) is 0 Å². The average molecular weight is 515 g/mol. The fraction of sp³-hybridized carbons (Fsp3) is 0.346. The number of halogens is 4. The average Bonchev–Trinajstić information content (AvgIpc) is 3.11. The van der Waals surface area contributed by atoms with E-state index < -0.39 is 11.7 Å². The van der Waals surface area contributed by atoms with Crippen LogP contribution >= 0.6 is 11.6 Å². The Morgan fingerprint density at radius 2 is 1.92 bits per heavy atom. The lowest BCUT2D eigenvalue weighted by Crippen LogP contribution is -2.33. The van der Waals surface area contributed by atoms with E-state index in [4.69, 9.17) is 16.6 Å². The van der Waals surface area contributed by atoms with E-state index in [0.717, 1.165) is 37.5 Å². The van der Waals surface area contributed by atoms with E-state index in [1.807, 2.05) is 12.2 Å². The fourth-order valence-corrected chi connectivity index (χ4v) is 4.78. The molecule has 1 aliphatic carbocycles. The Labute approximate surface area is 212 Å². The molecule has 1 fully saturated rings. The largest absolute Gasteiger partial charge is 0.417 e. The van der Waals surface area contributed by atoms with E-state index in [0.29, 0.717) is 46.4 Å². The Morgan fingerprint density at radius 3 is 2.72 bits per heavy atom. The quantitative estimate of drug-likeness (QED) is 0.426. The zero-order chi connectivity index (χ0) is 25.1. The number of alkyl halides is 3. The van der Waals surface area contributed by atoms with Gasteiger partial charge in [0.15, 0.2) is 0 Å². The number of allylic oxidation sites excluding steroid dienone is 6. The van der Waals surface area contributed by atoms with Gasteiger partial charge in [-0.2, -0.15) is 18.3 Å². The molecular weight excluding hydrogens is 489 g/mol. The molecule has 2 aliphatic rings. The molecule has 0 spiro atoms. The summed E-state index contributed by atoms with van der Waals surface area (Å²) in [6.45, 7) is 3.82. The van der Waals surface area contributed by atoms with Crippen LogP contribution < -0.4 is 5.32 Å². The second-order valence-corrected chi connectivity index (χ2v) is 9.35. The van der Waals surface area contributed by atoms with Gasteiger partial charge in [-0.05, 0) is 68.3 Å².